The molecule has 0 radical (unpaired) electrons. The van der Waals surface area contributed by atoms with Crippen molar-refractivity contribution < 1.29 is 0 Å². The molecule has 0 spiro atoms. The van der Waals surface area contributed by atoms with Crippen molar-refractivity contribution in [2.45, 2.75) is 72.6 Å². The van der Waals surface area contributed by atoms with Gasteiger partial charge in [-0.05, 0) is 59.6 Å². The number of aromatic amines is 2. The van der Waals surface area contributed by atoms with Gasteiger partial charge in [0.25, 0.3) is 11.1 Å². The first-order valence-electron chi connectivity index (χ1n) is 13.7. The number of hydrogen-bond donors (Lipinski definition) is 4. The molecule has 2 aromatic carbocycles. The molecule has 0 bridgehead atoms. The van der Waals surface area contributed by atoms with Crippen molar-refractivity contribution in [1.29, 1.82) is 0 Å². The Hall–Kier alpha value is -4.15. The summed E-state index contributed by atoms with van der Waals surface area (Å²) >= 11 is 5.46. The van der Waals surface area contributed by atoms with Gasteiger partial charge in [-0.1, -0.05) is 71.8 Å². The van der Waals surface area contributed by atoms with E-state index >= 15 is 0 Å². The first kappa shape index (κ1) is 34.1. The molecule has 0 aliphatic rings. The Bertz CT molecular complexity index is 1610. The molecule has 5 N–H and O–H groups in total. The Kier molecular flexibility index (Phi) is 12.8. The molecule has 4 aromatic rings. The Labute approximate surface area is 250 Å². The van der Waals surface area contributed by atoms with Gasteiger partial charge in [0, 0.05) is 36.3 Å². The highest BCUT2D eigenvalue weighted by Gasteiger charge is 2.10. The van der Waals surface area contributed by atoms with Crippen molar-refractivity contribution in [3.63, 3.8) is 0 Å². The molecule has 0 saturated heterocycles. The maximum atomic E-state index is 12.0. The van der Waals surface area contributed by atoms with Crippen LogP contribution >= 0.6 is 11.6 Å². The number of benzene rings is 2. The largest absolute Gasteiger partial charge is 0.365 e. The zero-order valence-corrected chi connectivity index (χ0v) is 25.9. The summed E-state index contributed by atoms with van der Waals surface area (Å²) in [5.74, 6) is 0.441. The second-order valence-electron chi connectivity index (χ2n) is 10.5. The lowest BCUT2D eigenvalue weighted by atomic mass is 10.1. The fourth-order valence-electron chi connectivity index (χ4n) is 4.05. The average Bonchev–Trinajstić information content (AvgIpc) is 2.88. The summed E-state index contributed by atoms with van der Waals surface area (Å²) in [6.45, 7) is 13.1. The molecule has 0 fully saturated rings. The lowest BCUT2D eigenvalue weighted by molar-refractivity contribution is 0.546. The number of hydrogen-bond acceptors (Lipinski definition) is 6. The van der Waals surface area contributed by atoms with Crippen molar-refractivity contribution in [3.05, 3.63) is 130 Å². The van der Waals surface area contributed by atoms with E-state index in [9.17, 15) is 19.2 Å². The summed E-state index contributed by atoms with van der Waals surface area (Å²) in [6.07, 6.45) is 0. The van der Waals surface area contributed by atoms with E-state index in [0.29, 0.717) is 5.82 Å². The smallest absolute Gasteiger partial charge is 0.330 e. The minimum absolute atomic E-state index is 0.00477. The number of nitrogens with zero attached hydrogens (tertiary/aromatic N) is 2. The summed E-state index contributed by atoms with van der Waals surface area (Å²) in [6, 6.07) is 20.6. The summed E-state index contributed by atoms with van der Waals surface area (Å²) in [5.41, 5.74) is 7.54. The van der Waals surface area contributed by atoms with Crippen molar-refractivity contribution in [2.24, 2.45) is 5.73 Å². The Morgan fingerprint density at radius 3 is 1.69 bits per heavy atom. The zero-order chi connectivity index (χ0) is 31.6. The second kappa shape index (κ2) is 15.7. The van der Waals surface area contributed by atoms with Crippen LogP contribution in [0.2, 0.25) is 5.15 Å². The summed E-state index contributed by atoms with van der Waals surface area (Å²) < 4.78 is 2.30. The van der Waals surface area contributed by atoms with Crippen LogP contribution in [-0.4, -0.2) is 19.1 Å². The third-order valence-electron chi connectivity index (χ3n) is 6.17. The average molecular weight is 597 g/mol. The molecule has 4 rings (SSSR count). The maximum Gasteiger partial charge on any atom is 0.330 e. The van der Waals surface area contributed by atoms with Gasteiger partial charge < -0.3 is 11.1 Å². The van der Waals surface area contributed by atoms with Gasteiger partial charge in [0.05, 0.1) is 0 Å². The van der Waals surface area contributed by atoms with E-state index < -0.39 is 11.4 Å². The predicted octanol–water partition coefficient (Wildman–Crippen LogP) is 5.08. The number of nitrogens with one attached hydrogen (secondary N) is 3. The lowest BCUT2D eigenvalue weighted by Crippen LogP contribution is -2.36. The quantitative estimate of drug-likeness (QED) is 0.228. The van der Waals surface area contributed by atoms with Crippen molar-refractivity contribution in [1.82, 2.24) is 19.1 Å². The molecule has 0 aliphatic carbocycles. The predicted molar refractivity (Wildman–Crippen MR) is 171 cm³/mol. The molecule has 2 heterocycles. The minimum atomic E-state index is -0.470. The summed E-state index contributed by atoms with van der Waals surface area (Å²) in [4.78, 5) is 51.2. The topological polar surface area (TPSA) is 148 Å². The van der Waals surface area contributed by atoms with Crippen LogP contribution in [0, 0.1) is 6.92 Å². The van der Waals surface area contributed by atoms with Crippen LogP contribution in [0.4, 0.5) is 5.82 Å². The highest BCUT2D eigenvalue weighted by atomic mass is 35.5. The standard InChI is InChI=1S/C16H21N3O2.C8H11N.C7H9ClN2O2/c1-10(2)19-15(20)9-14(18-16(19)21)17-12(4)13-7-5-6-11(3)8-13;1-7(9)8-5-3-2-4-6-8;1-4(2)10-6(11)3-5(8)9-7(10)12/h5-10,12,17H,1-4H3,(H,18,21);2-7H,9H2,1H3;3-4H,1-2H3,(H,9,12)/t12-;7-;/m00./s1. The third-order valence-corrected chi connectivity index (χ3v) is 6.37. The highest BCUT2D eigenvalue weighted by Crippen LogP contribution is 2.17. The normalized spacial score (nSPS) is 12.1. The van der Waals surface area contributed by atoms with Gasteiger partial charge in [0.2, 0.25) is 0 Å². The first-order chi connectivity index (χ1) is 19.7. The molecule has 0 amide bonds. The van der Waals surface area contributed by atoms with Crippen LogP contribution in [-0.2, 0) is 0 Å². The third kappa shape index (κ3) is 10.0. The summed E-state index contributed by atoms with van der Waals surface area (Å²) in [5, 5.41) is 3.24. The van der Waals surface area contributed by atoms with E-state index in [0.717, 1.165) is 10.1 Å². The van der Waals surface area contributed by atoms with Crippen LogP contribution in [0.15, 0.2) is 85.9 Å². The lowest BCUT2D eigenvalue weighted by Gasteiger charge is -2.17. The zero-order valence-electron chi connectivity index (χ0n) is 25.1. The fourth-order valence-corrected chi connectivity index (χ4v) is 4.22. The second-order valence-corrected chi connectivity index (χ2v) is 10.9. The number of aryl methyl sites for hydroxylation is 1. The van der Waals surface area contributed by atoms with Crippen molar-refractivity contribution >= 4 is 17.4 Å². The van der Waals surface area contributed by atoms with Crippen LogP contribution < -0.4 is 33.5 Å². The minimum Gasteiger partial charge on any atom is -0.365 e. The number of rotatable bonds is 6. The molecule has 2 aromatic heterocycles. The number of nitrogens with two attached hydrogens (primary N) is 1. The number of anilines is 1. The molecular formula is C31H41ClN6O4. The van der Waals surface area contributed by atoms with Crippen molar-refractivity contribution in [2.75, 3.05) is 5.32 Å². The van der Waals surface area contributed by atoms with Gasteiger partial charge in [0.1, 0.15) is 11.0 Å². The van der Waals surface area contributed by atoms with Gasteiger partial charge >= 0.3 is 11.4 Å². The van der Waals surface area contributed by atoms with Crippen molar-refractivity contribution in [3.8, 4) is 0 Å². The van der Waals surface area contributed by atoms with Gasteiger partial charge in [-0.2, -0.15) is 0 Å². The Morgan fingerprint density at radius 2 is 1.24 bits per heavy atom. The van der Waals surface area contributed by atoms with Crippen LogP contribution in [0.25, 0.3) is 0 Å². The van der Waals surface area contributed by atoms with Gasteiger partial charge in [-0.25, -0.2) is 9.59 Å². The van der Waals surface area contributed by atoms with E-state index in [4.69, 9.17) is 17.3 Å². The Morgan fingerprint density at radius 1 is 0.714 bits per heavy atom. The van der Waals surface area contributed by atoms with Gasteiger partial charge in [0.15, 0.2) is 0 Å². The van der Waals surface area contributed by atoms with Crippen LogP contribution in [0.3, 0.4) is 0 Å². The van der Waals surface area contributed by atoms with Gasteiger partial charge in [-0.3, -0.25) is 28.7 Å². The maximum absolute atomic E-state index is 12.0. The Balaban J connectivity index is 0.000000247. The molecule has 226 valence electrons. The van der Waals surface area contributed by atoms with Gasteiger partial charge in [-0.15, -0.1) is 0 Å². The number of H-pyrrole nitrogens is 2. The monoisotopic (exact) mass is 596 g/mol. The van der Waals surface area contributed by atoms with E-state index in [2.05, 4.69) is 21.4 Å². The molecule has 0 saturated carbocycles. The van der Waals surface area contributed by atoms with E-state index in [1.54, 1.807) is 27.7 Å². The summed E-state index contributed by atoms with van der Waals surface area (Å²) in [7, 11) is 0. The first-order valence-corrected chi connectivity index (χ1v) is 14.1. The highest BCUT2D eigenvalue weighted by molar-refractivity contribution is 6.29. The molecule has 10 nitrogen and oxygen atoms in total. The molecule has 0 unspecified atom stereocenters. The van der Waals surface area contributed by atoms with E-state index in [-0.39, 0.29) is 40.4 Å². The molecule has 0 aliphatic heterocycles. The number of halogens is 1. The van der Waals surface area contributed by atoms with Crippen LogP contribution in [0.5, 0.6) is 0 Å². The molecule has 11 heteroatoms. The van der Waals surface area contributed by atoms with Crippen LogP contribution in [0.1, 0.15) is 82.4 Å². The number of aromatic nitrogens is 4. The SMILES string of the molecule is CC(C)n1c(=O)cc(Cl)[nH]c1=O.C[C@H](N)c1ccccc1.Cc1cccc([C@H](C)Nc2cc(=O)n(C(C)C)c(=O)[nH]2)c1. The molecule has 42 heavy (non-hydrogen) atoms. The van der Waals surface area contributed by atoms with E-state index in [1.807, 2.05) is 69.3 Å². The molecular weight excluding hydrogens is 556 g/mol. The molecule has 2 atom stereocenters. The van der Waals surface area contributed by atoms with E-state index in [1.165, 1.54) is 27.8 Å². The fraction of sp³-hybridized carbons (Fsp3) is 0.355.